The first-order valence-corrected chi connectivity index (χ1v) is 19.1. The Hall–Kier alpha value is -7.83. The molecule has 4 heterocycles. The Kier molecular flexibility index (Phi) is 6.83. The molecule has 12 rings (SSSR count). The van der Waals surface area contributed by atoms with Crippen molar-refractivity contribution >= 4 is 65.6 Å². The molecule has 0 N–H and O–H groups in total. The quantitative estimate of drug-likeness (QED) is 0.177. The molecular formula is C51H31N5O. The van der Waals surface area contributed by atoms with Gasteiger partial charge in [-0.15, -0.1) is 0 Å². The normalized spacial score (nSPS) is 11.9. The standard InChI is InChI=1S/C51H31N5O/c1-4-16-32(17-5-1)35-24-15-29-44-45(35)40-25-14-28-43(48(40)57-44)55-41-26-12-10-22-36(41)38-30-31-39-37-23-11-13-27-42(37)56(47(39)46(38)55)51-53-49(33-18-6-2-7-19-33)52-50(54-51)34-20-8-3-9-21-34/h1-31H. The number of fused-ring (bicyclic) bond motifs is 10. The van der Waals surface area contributed by atoms with E-state index in [4.69, 9.17) is 19.4 Å². The highest BCUT2D eigenvalue weighted by molar-refractivity contribution is 6.24. The Morgan fingerprint density at radius 2 is 0.877 bits per heavy atom. The van der Waals surface area contributed by atoms with Gasteiger partial charge in [-0.05, 0) is 35.4 Å². The number of hydrogen-bond donors (Lipinski definition) is 0. The van der Waals surface area contributed by atoms with Gasteiger partial charge in [-0.1, -0.05) is 164 Å². The predicted molar refractivity (Wildman–Crippen MR) is 232 cm³/mol. The van der Waals surface area contributed by atoms with E-state index in [1.54, 1.807) is 0 Å². The van der Waals surface area contributed by atoms with Crippen LogP contribution in [-0.2, 0) is 0 Å². The van der Waals surface area contributed by atoms with Crippen LogP contribution in [0.25, 0.3) is 111 Å². The number of rotatable bonds is 5. The lowest BCUT2D eigenvalue weighted by Crippen LogP contribution is -2.07. The third-order valence-corrected chi connectivity index (χ3v) is 11.2. The van der Waals surface area contributed by atoms with Crippen molar-refractivity contribution in [3.8, 4) is 45.5 Å². The molecule has 0 aliphatic rings. The Bertz CT molecular complexity index is 3450. The summed E-state index contributed by atoms with van der Waals surface area (Å²) in [6.07, 6.45) is 0. The van der Waals surface area contributed by atoms with Crippen molar-refractivity contribution in [3.05, 3.63) is 188 Å². The monoisotopic (exact) mass is 729 g/mol. The molecule has 266 valence electrons. The molecule has 0 saturated carbocycles. The van der Waals surface area contributed by atoms with Crippen LogP contribution < -0.4 is 0 Å². The second-order valence-corrected chi connectivity index (χ2v) is 14.4. The van der Waals surface area contributed by atoms with Crippen LogP contribution >= 0.6 is 0 Å². The molecular weight excluding hydrogens is 699 g/mol. The summed E-state index contributed by atoms with van der Waals surface area (Å²) in [5.74, 6) is 1.77. The number of para-hydroxylation sites is 3. The molecule has 12 aromatic rings. The zero-order chi connectivity index (χ0) is 37.5. The van der Waals surface area contributed by atoms with E-state index in [-0.39, 0.29) is 0 Å². The largest absolute Gasteiger partial charge is 0.454 e. The molecule has 57 heavy (non-hydrogen) atoms. The van der Waals surface area contributed by atoms with Crippen molar-refractivity contribution in [1.82, 2.24) is 24.1 Å². The molecule has 0 aliphatic carbocycles. The Labute approximate surface area is 326 Å². The van der Waals surface area contributed by atoms with E-state index in [1.807, 2.05) is 60.7 Å². The van der Waals surface area contributed by atoms with Crippen LogP contribution in [0.5, 0.6) is 0 Å². The highest BCUT2D eigenvalue weighted by Gasteiger charge is 2.25. The van der Waals surface area contributed by atoms with Gasteiger partial charge in [0.25, 0.3) is 0 Å². The summed E-state index contributed by atoms with van der Waals surface area (Å²) in [5, 5.41) is 6.67. The van der Waals surface area contributed by atoms with Crippen molar-refractivity contribution in [1.29, 1.82) is 0 Å². The van der Waals surface area contributed by atoms with Crippen molar-refractivity contribution in [2.24, 2.45) is 0 Å². The van der Waals surface area contributed by atoms with E-state index in [0.29, 0.717) is 17.6 Å². The molecule has 8 aromatic carbocycles. The first-order valence-electron chi connectivity index (χ1n) is 19.1. The van der Waals surface area contributed by atoms with Crippen LogP contribution in [0.1, 0.15) is 0 Å². The minimum atomic E-state index is 0.549. The van der Waals surface area contributed by atoms with Gasteiger partial charge in [0.1, 0.15) is 5.58 Å². The summed E-state index contributed by atoms with van der Waals surface area (Å²) in [7, 11) is 0. The fourth-order valence-electron chi connectivity index (χ4n) is 8.72. The van der Waals surface area contributed by atoms with Gasteiger partial charge in [0.2, 0.25) is 5.95 Å². The van der Waals surface area contributed by atoms with Crippen molar-refractivity contribution in [2.45, 2.75) is 0 Å². The summed E-state index contributed by atoms with van der Waals surface area (Å²) in [6, 6.07) is 65.4. The van der Waals surface area contributed by atoms with E-state index in [0.717, 1.165) is 93.5 Å². The van der Waals surface area contributed by atoms with Crippen molar-refractivity contribution < 1.29 is 4.42 Å². The van der Waals surface area contributed by atoms with Gasteiger partial charge in [0.15, 0.2) is 17.2 Å². The van der Waals surface area contributed by atoms with Gasteiger partial charge in [-0.2, -0.15) is 9.97 Å². The molecule has 0 amide bonds. The number of aromatic nitrogens is 5. The van der Waals surface area contributed by atoms with Crippen LogP contribution in [0.2, 0.25) is 0 Å². The van der Waals surface area contributed by atoms with Crippen LogP contribution in [0.3, 0.4) is 0 Å². The first kappa shape index (κ1) is 31.5. The number of benzene rings is 8. The highest BCUT2D eigenvalue weighted by Crippen LogP contribution is 2.44. The van der Waals surface area contributed by atoms with Gasteiger partial charge in [0.05, 0.1) is 27.8 Å². The second kappa shape index (κ2) is 12.3. The Morgan fingerprint density at radius 1 is 0.368 bits per heavy atom. The van der Waals surface area contributed by atoms with E-state index >= 15 is 0 Å². The summed E-state index contributed by atoms with van der Waals surface area (Å²) >= 11 is 0. The maximum atomic E-state index is 6.92. The molecule has 0 unspecified atom stereocenters. The minimum Gasteiger partial charge on any atom is -0.454 e. The lowest BCUT2D eigenvalue weighted by Gasteiger charge is -2.13. The summed E-state index contributed by atoms with van der Waals surface area (Å²) < 4.78 is 11.5. The molecule has 6 nitrogen and oxygen atoms in total. The summed E-state index contributed by atoms with van der Waals surface area (Å²) in [5.41, 5.74) is 10.9. The zero-order valence-corrected chi connectivity index (χ0v) is 30.5. The average molecular weight is 730 g/mol. The summed E-state index contributed by atoms with van der Waals surface area (Å²) in [6.45, 7) is 0. The SMILES string of the molecule is c1ccc(-c2nc(-c3ccccc3)nc(-n3c4ccccc4c4ccc5c6ccccc6n(-c6cccc7c6oc6cccc(-c8ccccc8)c67)c5c43)n2)cc1. The predicted octanol–water partition coefficient (Wildman–Crippen LogP) is 13.0. The second-order valence-electron chi connectivity index (χ2n) is 14.4. The van der Waals surface area contributed by atoms with E-state index in [1.165, 1.54) is 0 Å². The fraction of sp³-hybridized carbons (Fsp3) is 0. The number of nitrogens with zero attached hydrogens (tertiary/aromatic N) is 5. The van der Waals surface area contributed by atoms with Crippen LogP contribution in [-0.4, -0.2) is 24.1 Å². The molecule has 0 aliphatic heterocycles. The maximum absolute atomic E-state index is 6.92. The average Bonchev–Trinajstić information content (AvgIpc) is 3.95. The fourth-order valence-corrected chi connectivity index (χ4v) is 8.72. The number of furan rings is 1. The minimum absolute atomic E-state index is 0.549. The topological polar surface area (TPSA) is 61.7 Å². The maximum Gasteiger partial charge on any atom is 0.238 e. The van der Waals surface area contributed by atoms with E-state index in [2.05, 4.69) is 137 Å². The smallest absolute Gasteiger partial charge is 0.238 e. The number of hydrogen-bond acceptors (Lipinski definition) is 4. The van der Waals surface area contributed by atoms with Gasteiger partial charge < -0.3 is 8.98 Å². The van der Waals surface area contributed by atoms with E-state index < -0.39 is 0 Å². The van der Waals surface area contributed by atoms with Crippen molar-refractivity contribution in [3.63, 3.8) is 0 Å². The Morgan fingerprint density at radius 3 is 1.51 bits per heavy atom. The third kappa shape index (κ3) is 4.74. The Balaban J connectivity index is 1.23. The molecule has 0 radical (unpaired) electrons. The van der Waals surface area contributed by atoms with Gasteiger partial charge in [0, 0.05) is 43.4 Å². The molecule has 0 fully saturated rings. The lowest BCUT2D eigenvalue weighted by molar-refractivity contribution is 0.666. The van der Waals surface area contributed by atoms with Crippen LogP contribution in [0, 0.1) is 0 Å². The third-order valence-electron chi connectivity index (χ3n) is 11.2. The zero-order valence-electron chi connectivity index (χ0n) is 30.5. The van der Waals surface area contributed by atoms with Gasteiger partial charge >= 0.3 is 0 Å². The van der Waals surface area contributed by atoms with Crippen LogP contribution in [0.15, 0.2) is 192 Å². The first-order chi connectivity index (χ1) is 28.3. The van der Waals surface area contributed by atoms with Crippen LogP contribution in [0.4, 0.5) is 0 Å². The lowest BCUT2D eigenvalue weighted by atomic mass is 9.99. The highest BCUT2D eigenvalue weighted by atomic mass is 16.3. The summed E-state index contributed by atoms with van der Waals surface area (Å²) in [4.78, 5) is 15.6. The molecule has 0 spiro atoms. The molecule has 6 heteroatoms. The van der Waals surface area contributed by atoms with Gasteiger partial charge in [-0.25, -0.2) is 4.98 Å². The molecule has 4 aromatic heterocycles. The van der Waals surface area contributed by atoms with Gasteiger partial charge in [-0.3, -0.25) is 4.57 Å². The van der Waals surface area contributed by atoms with E-state index in [9.17, 15) is 0 Å². The molecule has 0 bridgehead atoms. The molecule has 0 atom stereocenters. The van der Waals surface area contributed by atoms with Crippen molar-refractivity contribution in [2.75, 3.05) is 0 Å². The molecule has 0 saturated heterocycles.